The topological polar surface area (TPSA) is 100 Å². The molecule has 1 heterocycles. The molecule has 0 aromatic heterocycles. The minimum atomic E-state index is -1.02. The van der Waals surface area contributed by atoms with Crippen LogP contribution in [0, 0.1) is 0 Å². The molecule has 8 heteroatoms. The lowest BCUT2D eigenvalue weighted by Gasteiger charge is -2.04. The molecular formula is C15H17N3O4S. The van der Waals surface area contributed by atoms with Crippen LogP contribution in [-0.2, 0) is 9.59 Å². The average Bonchev–Trinajstić information content (AvgIpc) is 2.85. The molecule has 1 amide bonds. The van der Waals surface area contributed by atoms with Gasteiger partial charge in [-0.15, -0.1) is 5.10 Å². The van der Waals surface area contributed by atoms with E-state index in [1.807, 2.05) is 31.2 Å². The summed E-state index contributed by atoms with van der Waals surface area (Å²) in [5.41, 5.74) is 1.56. The predicted octanol–water partition coefficient (Wildman–Crippen LogP) is 1.87. The van der Waals surface area contributed by atoms with Gasteiger partial charge < -0.3 is 15.2 Å². The number of amidine groups is 1. The third kappa shape index (κ3) is 4.82. The Morgan fingerprint density at radius 3 is 2.70 bits per heavy atom. The highest BCUT2D eigenvalue weighted by molar-refractivity contribution is 8.15. The Morgan fingerprint density at radius 1 is 1.39 bits per heavy atom. The van der Waals surface area contributed by atoms with Crippen LogP contribution in [0.1, 0.15) is 25.8 Å². The van der Waals surface area contributed by atoms with Gasteiger partial charge in [0.1, 0.15) is 11.0 Å². The Balaban J connectivity index is 2.03. The summed E-state index contributed by atoms with van der Waals surface area (Å²) in [4.78, 5) is 22.3. The first kappa shape index (κ1) is 17.0. The lowest BCUT2D eigenvalue weighted by Crippen LogP contribution is -2.26. The van der Waals surface area contributed by atoms with Crippen molar-refractivity contribution in [2.75, 3.05) is 6.61 Å². The summed E-state index contributed by atoms with van der Waals surface area (Å²) in [5, 5.41) is 19.0. The first-order valence-corrected chi connectivity index (χ1v) is 7.92. The lowest BCUT2D eigenvalue weighted by atomic mass is 10.1. The number of aliphatic carboxylic acids is 1. The number of carboxylic acids is 1. The van der Waals surface area contributed by atoms with E-state index in [0.717, 1.165) is 23.1 Å². The Bertz CT molecular complexity index is 655. The van der Waals surface area contributed by atoms with Crippen molar-refractivity contribution in [1.29, 1.82) is 0 Å². The van der Waals surface area contributed by atoms with Crippen molar-refractivity contribution in [3.8, 4) is 5.75 Å². The summed E-state index contributed by atoms with van der Waals surface area (Å²) in [6.45, 7) is 4.33. The summed E-state index contributed by atoms with van der Waals surface area (Å²) < 4.78 is 5.37. The minimum Gasteiger partial charge on any atom is -0.494 e. The predicted molar refractivity (Wildman–Crippen MR) is 89.0 cm³/mol. The molecule has 2 rings (SSSR count). The highest BCUT2D eigenvalue weighted by atomic mass is 32.2. The molecule has 0 radical (unpaired) electrons. The summed E-state index contributed by atoms with van der Waals surface area (Å²) in [7, 11) is 0. The number of carbonyl (C=O) groups excluding carboxylic acids is 1. The van der Waals surface area contributed by atoms with Crippen molar-refractivity contribution in [2.24, 2.45) is 10.2 Å². The number of carbonyl (C=O) groups is 2. The zero-order valence-corrected chi connectivity index (χ0v) is 13.6. The molecule has 122 valence electrons. The molecule has 1 saturated heterocycles. The number of thioether (sulfide) groups is 1. The number of ether oxygens (including phenoxy) is 1. The molecule has 1 fully saturated rings. The van der Waals surface area contributed by atoms with Gasteiger partial charge in [-0.05, 0) is 43.7 Å². The second-order valence-corrected chi connectivity index (χ2v) is 5.93. The van der Waals surface area contributed by atoms with Crippen LogP contribution < -0.4 is 10.1 Å². The number of nitrogens with one attached hydrogen (secondary N) is 1. The van der Waals surface area contributed by atoms with Crippen LogP contribution in [0.15, 0.2) is 34.5 Å². The van der Waals surface area contributed by atoms with Crippen molar-refractivity contribution in [3.63, 3.8) is 0 Å². The van der Waals surface area contributed by atoms with E-state index >= 15 is 0 Å². The molecule has 2 N–H and O–H groups in total. The third-order valence-corrected chi connectivity index (χ3v) is 4.08. The number of hydrogen-bond donors (Lipinski definition) is 2. The number of benzene rings is 1. The van der Waals surface area contributed by atoms with Gasteiger partial charge in [-0.1, -0.05) is 11.8 Å². The van der Waals surface area contributed by atoms with Crippen LogP contribution in [-0.4, -0.2) is 39.7 Å². The molecule has 23 heavy (non-hydrogen) atoms. The van der Waals surface area contributed by atoms with Crippen LogP contribution >= 0.6 is 11.8 Å². The zero-order chi connectivity index (χ0) is 16.8. The van der Waals surface area contributed by atoms with Gasteiger partial charge >= 0.3 is 5.97 Å². The smallest absolute Gasteiger partial charge is 0.305 e. The van der Waals surface area contributed by atoms with E-state index in [0.29, 0.717) is 17.5 Å². The Morgan fingerprint density at radius 2 is 2.09 bits per heavy atom. The van der Waals surface area contributed by atoms with Crippen LogP contribution in [0.5, 0.6) is 5.75 Å². The maximum atomic E-state index is 11.6. The number of amides is 1. The van der Waals surface area contributed by atoms with E-state index < -0.39 is 11.2 Å². The minimum absolute atomic E-state index is 0.239. The van der Waals surface area contributed by atoms with Crippen LogP contribution in [0.3, 0.4) is 0 Å². The van der Waals surface area contributed by atoms with Crippen molar-refractivity contribution in [3.05, 3.63) is 29.8 Å². The van der Waals surface area contributed by atoms with E-state index in [1.165, 1.54) is 0 Å². The van der Waals surface area contributed by atoms with E-state index in [4.69, 9.17) is 9.84 Å². The SMILES string of the molecule is CCOc1ccc(/C(C)=N/N=C2\NC(=O)C(CC(=O)O)S2)cc1. The second kappa shape index (κ2) is 7.77. The fraction of sp³-hybridized carbons (Fsp3) is 0.333. The molecule has 1 atom stereocenters. The second-order valence-electron chi connectivity index (χ2n) is 4.74. The fourth-order valence-corrected chi connectivity index (χ4v) is 2.79. The molecule has 0 spiro atoms. The molecule has 0 bridgehead atoms. The summed E-state index contributed by atoms with van der Waals surface area (Å²) >= 11 is 1.07. The number of carboxylic acid groups (broad SMARTS) is 1. The third-order valence-electron chi connectivity index (χ3n) is 3.01. The first-order valence-electron chi connectivity index (χ1n) is 7.04. The van der Waals surface area contributed by atoms with E-state index in [9.17, 15) is 9.59 Å². The summed E-state index contributed by atoms with van der Waals surface area (Å²) in [6, 6.07) is 7.44. The number of rotatable bonds is 6. The van der Waals surface area contributed by atoms with Crippen molar-refractivity contribution < 1.29 is 19.4 Å². The Labute approximate surface area is 137 Å². The molecule has 0 aliphatic carbocycles. The van der Waals surface area contributed by atoms with Gasteiger partial charge in [0, 0.05) is 0 Å². The van der Waals surface area contributed by atoms with Gasteiger partial charge in [-0.3, -0.25) is 9.59 Å². The highest BCUT2D eigenvalue weighted by Crippen LogP contribution is 2.22. The lowest BCUT2D eigenvalue weighted by molar-refractivity contribution is -0.138. The summed E-state index contributed by atoms with van der Waals surface area (Å²) in [6.07, 6.45) is -0.239. The zero-order valence-electron chi connectivity index (χ0n) is 12.8. The van der Waals surface area contributed by atoms with Crippen molar-refractivity contribution in [1.82, 2.24) is 5.32 Å². The van der Waals surface area contributed by atoms with Gasteiger partial charge in [0.2, 0.25) is 5.91 Å². The van der Waals surface area contributed by atoms with E-state index in [1.54, 1.807) is 6.92 Å². The van der Waals surface area contributed by atoms with Gasteiger partial charge in [0.25, 0.3) is 0 Å². The quantitative estimate of drug-likeness (QED) is 0.610. The maximum Gasteiger partial charge on any atom is 0.305 e. The molecule has 1 aromatic rings. The molecule has 1 aliphatic rings. The van der Waals surface area contributed by atoms with Crippen LogP contribution in [0.4, 0.5) is 0 Å². The number of nitrogens with zero attached hydrogens (tertiary/aromatic N) is 2. The Kier molecular flexibility index (Phi) is 5.75. The van der Waals surface area contributed by atoms with E-state index in [2.05, 4.69) is 15.5 Å². The first-order chi connectivity index (χ1) is 11.0. The largest absolute Gasteiger partial charge is 0.494 e. The molecule has 1 unspecified atom stereocenters. The maximum absolute atomic E-state index is 11.6. The normalized spacial score (nSPS) is 19.7. The van der Waals surface area contributed by atoms with Gasteiger partial charge in [-0.25, -0.2) is 0 Å². The molecule has 7 nitrogen and oxygen atoms in total. The molecule has 1 aromatic carbocycles. The monoisotopic (exact) mass is 335 g/mol. The van der Waals surface area contributed by atoms with Crippen LogP contribution in [0.2, 0.25) is 0 Å². The van der Waals surface area contributed by atoms with Crippen LogP contribution in [0.25, 0.3) is 0 Å². The molecule has 1 aliphatic heterocycles. The number of hydrogen-bond acceptors (Lipinski definition) is 6. The summed E-state index contributed by atoms with van der Waals surface area (Å²) in [5.74, 6) is -0.594. The molecule has 0 saturated carbocycles. The van der Waals surface area contributed by atoms with Crippen molar-refractivity contribution >= 4 is 34.5 Å². The molecular weight excluding hydrogens is 318 g/mol. The van der Waals surface area contributed by atoms with Gasteiger partial charge in [0.15, 0.2) is 5.17 Å². The average molecular weight is 335 g/mol. The van der Waals surface area contributed by atoms with E-state index in [-0.39, 0.29) is 12.3 Å². The highest BCUT2D eigenvalue weighted by Gasteiger charge is 2.32. The van der Waals surface area contributed by atoms with Gasteiger partial charge in [-0.2, -0.15) is 5.10 Å². The fourth-order valence-electron chi connectivity index (χ4n) is 1.88. The standard InChI is InChI=1S/C15H17N3O4S/c1-3-22-11-6-4-10(5-7-11)9(2)17-18-15-16-14(21)12(23-15)8-13(19)20/h4-7,12H,3,8H2,1-2H3,(H,19,20)(H,16,18,21)/b17-9+. The van der Waals surface area contributed by atoms with Gasteiger partial charge in [0.05, 0.1) is 18.7 Å². The van der Waals surface area contributed by atoms with Crippen molar-refractivity contribution in [2.45, 2.75) is 25.5 Å². The Hall–Kier alpha value is -2.35.